The molecule has 5 nitrogen and oxygen atoms in total. The number of carbonyl (C=O) groups excluding carboxylic acids is 2. The minimum Gasteiger partial charge on any atom is -0.338 e. The molecule has 1 fully saturated rings. The second-order valence-corrected chi connectivity index (χ2v) is 6.05. The van der Waals surface area contributed by atoms with Crippen LogP contribution in [-0.2, 0) is 4.79 Å². The highest BCUT2D eigenvalue weighted by atomic mass is 35.5. The van der Waals surface area contributed by atoms with Crippen molar-refractivity contribution in [3.05, 3.63) is 28.2 Å². The average molecular weight is 330 g/mol. The van der Waals surface area contributed by atoms with Crippen LogP contribution >= 0.6 is 23.2 Å². The summed E-state index contributed by atoms with van der Waals surface area (Å²) in [7, 11) is 0. The van der Waals surface area contributed by atoms with E-state index in [4.69, 9.17) is 23.2 Å². The van der Waals surface area contributed by atoms with Gasteiger partial charge in [-0.25, -0.2) is 4.79 Å². The molecular weight excluding hydrogens is 313 g/mol. The number of likely N-dealkylation sites (tertiary alicyclic amines) is 1. The number of hydrogen-bond donors (Lipinski definition) is 2. The van der Waals surface area contributed by atoms with E-state index in [1.807, 2.05) is 13.8 Å². The van der Waals surface area contributed by atoms with Crippen molar-refractivity contribution in [3.8, 4) is 0 Å². The van der Waals surface area contributed by atoms with Gasteiger partial charge in [-0.1, -0.05) is 29.3 Å². The Bertz CT molecular complexity index is 543. The number of carbonyl (C=O) groups is 2. The summed E-state index contributed by atoms with van der Waals surface area (Å²) >= 11 is 12.0. The van der Waals surface area contributed by atoms with Gasteiger partial charge in [0.1, 0.15) is 0 Å². The molecule has 21 heavy (non-hydrogen) atoms. The van der Waals surface area contributed by atoms with E-state index in [-0.39, 0.29) is 18.0 Å². The van der Waals surface area contributed by atoms with Crippen LogP contribution in [0.25, 0.3) is 0 Å². The minimum absolute atomic E-state index is 0.0473. The van der Waals surface area contributed by atoms with E-state index < -0.39 is 6.03 Å². The van der Waals surface area contributed by atoms with Crippen LogP contribution in [-0.4, -0.2) is 35.5 Å². The van der Waals surface area contributed by atoms with E-state index in [2.05, 4.69) is 10.6 Å². The van der Waals surface area contributed by atoms with Crippen LogP contribution in [0.5, 0.6) is 0 Å². The van der Waals surface area contributed by atoms with E-state index in [1.54, 1.807) is 23.1 Å². The predicted octanol–water partition coefficient (Wildman–Crippen LogP) is 3.12. The normalized spacial score (nSPS) is 18.2. The Kier molecular flexibility index (Phi) is 4.96. The molecule has 1 aliphatic rings. The third kappa shape index (κ3) is 3.80. The summed E-state index contributed by atoms with van der Waals surface area (Å²) in [4.78, 5) is 25.5. The highest BCUT2D eigenvalue weighted by Crippen LogP contribution is 2.29. The molecule has 1 aromatic rings. The lowest BCUT2D eigenvalue weighted by atomic mass is 10.2. The Labute approximate surface area is 133 Å². The first-order chi connectivity index (χ1) is 9.88. The van der Waals surface area contributed by atoms with Crippen LogP contribution in [0.15, 0.2) is 18.2 Å². The van der Waals surface area contributed by atoms with E-state index in [0.29, 0.717) is 28.7 Å². The summed E-state index contributed by atoms with van der Waals surface area (Å²) in [6, 6.07) is 4.48. The number of halogens is 2. The maximum atomic E-state index is 12.0. The lowest BCUT2D eigenvalue weighted by Crippen LogP contribution is -2.40. The zero-order valence-electron chi connectivity index (χ0n) is 11.8. The number of anilines is 1. The zero-order chi connectivity index (χ0) is 15.6. The fourth-order valence-electron chi connectivity index (χ4n) is 2.28. The van der Waals surface area contributed by atoms with Gasteiger partial charge in [-0.05, 0) is 26.0 Å². The predicted molar refractivity (Wildman–Crippen MR) is 83.9 cm³/mol. The molecule has 1 heterocycles. The molecule has 3 amide bonds. The fraction of sp³-hybridized carbons (Fsp3) is 0.429. The third-order valence-electron chi connectivity index (χ3n) is 3.32. The molecular formula is C14H17Cl2N3O2. The molecule has 1 aliphatic heterocycles. The van der Waals surface area contributed by atoms with Crippen molar-refractivity contribution in [1.82, 2.24) is 10.2 Å². The number of hydrogen-bond acceptors (Lipinski definition) is 2. The molecule has 114 valence electrons. The number of urea groups is 1. The summed E-state index contributed by atoms with van der Waals surface area (Å²) in [6.45, 7) is 4.41. The standard InChI is InChI=1S/C14H17Cl2N3O2/c1-8(2)19-7-9(6-12(19)20)17-14(21)18-13-10(15)4-3-5-11(13)16/h3-5,8-9H,6-7H2,1-2H3,(H2,17,18,21). The number of nitrogens with one attached hydrogen (secondary N) is 2. The molecule has 1 atom stereocenters. The Hall–Kier alpha value is -1.46. The van der Waals surface area contributed by atoms with Gasteiger partial charge < -0.3 is 15.5 Å². The molecule has 0 saturated carbocycles. The zero-order valence-corrected chi connectivity index (χ0v) is 13.3. The van der Waals surface area contributed by atoms with Crippen LogP contribution in [0.4, 0.5) is 10.5 Å². The summed E-state index contributed by atoms with van der Waals surface area (Å²) in [5.74, 6) is 0.0473. The Morgan fingerprint density at radius 1 is 1.33 bits per heavy atom. The van der Waals surface area contributed by atoms with Gasteiger partial charge in [0.15, 0.2) is 0 Å². The second-order valence-electron chi connectivity index (χ2n) is 5.24. The van der Waals surface area contributed by atoms with Crippen molar-refractivity contribution in [2.45, 2.75) is 32.4 Å². The third-order valence-corrected chi connectivity index (χ3v) is 3.95. The Balaban J connectivity index is 1.96. The van der Waals surface area contributed by atoms with Crippen molar-refractivity contribution >= 4 is 40.8 Å². The van der Waals surface area contributed by atoms with Crippen molar-refractivity contribution in [2.75, 3.05) is 11.9 Å². The van der Waals surface area contributed by atoms with Gasteiger partial charge in [0.25, 0.3) is 0 Å². The van der Waals surface area contributed by atoms with Gasteiger partial charge in [0, 0.05) is 19.0 Å². The lowest BCUT2D eigenvalue weighted by Gasteiger charge is -2.21. The van der Waals surface area contributed by atoms with Crippen LogP contribution in [0, 0.1) is 0 Å². The van der Waals surface area contributed by atoms with Crippen molar-refractivity contribution in [1.29, 1.82) is 0 Å². The maximum absolute atomic E-state index is 12.0. The number of amides is 3. The van der Waals surface area contributed by atoms with Crippen molar-refractivity contribution < 1.29 is 9.59 Å². The summed E-state index contributed by atoms with van der Waals surface area (Å²) in [5, 5.41) is 6.12. The Morgan fingerprint density at radius 2 is 1.95 bits per heavy atom. The van der Waals surface area contributed by atoms with Gasteiger partial charge in [-0.15, -0.1) is 0 Å². The summed E-state index contributed by atoms with van der Waals surface area (Å²) in [6.07, 6.45) is 0.307. The monoisotopic (exact) mass is 329 g/mol. The number of benzene rings is 1. The summed E-state index contributed by atoms with van der Waals surface area (Å²) < 4.78 is 0. The quantitative estimate of drug-likeness (QED) is 0.894. The van der Waals surface area contributed by atoms with Crippen LogP contribution in [0.2, 0.25) is 10.0 Å². The minimum atomic E-state index is -0.423. The molecule has 0 aliphatic carbocycles. The van der Waals surface area contributed by atoms with Gasteiger partial charge in [-0.2, -0.15) is 0 Å². The molecule has 1 aromatic carbocycles. The molecule has 0 aromatic heterocycles. The van der Waals surface area contributed by atoms with Gasteiger partial charge in [-0.3, -0.25) is 4.79 Å². The van der Waals surface area contributed by atoms with Crippen molar-refractivity contribution in [3.63, 3.8) is 0 Å². The molecule has 2 N–H and O–H groups in total. The largest absolute Gasteiger partial charge is 0.338 e. The smallest absolute Gasteiger partial charge is 0.319 e. The number of nitrogens with zero attached hydrogens (tertiary/aromatic N) is 1. The van der Waals surface area contributed by atoms with Gasteiger partial charge in [0.2, 0.25) is 5.91 Å². The lowest BCUT2D eigenvalue weighted by molar-refractivity contribution is -0.129. The maximum Gasteiger partial charge on any atom is 0.319 e. The van der Waals surface area contributed by atoms with Crippen LogP contribution < -0.4 is 10.6 Å². The highest BCUT2D eigenvalue weighted by molar-refractivity contribution is 6.39. The number of rotatable bonds is 3. The molecule has 0 bridgehead atoms. The SMILES string of the molecule is CC(C)N1CC(NC(=O)Nc2c(Cl)cccc2Cl)CC1=O. The van der Waals surface area contributed by atoms with Crippen LogP contribution in [0.3, 0.4) is 0 Å². The number of para-hydroxylation sites is 1. The molecule has 2 rings (SSSR count). The first kappa shape index (κ1) is 15.9. The van der Waals surface area contributed by atoms with Crippen LogP contribution in [0.1, 0.15) is 20.3 Å². The molecule has 1 unspecified atom stereocenters. The first-order valence-corrected chi connectivity index (χ1v) is 7.45. The average Bonchev–Trinajstić information content (AvgIpc) is 2.75. The Morgan fingerprint density at radius 3 is 2.48 bits per heavy atom. The highest BCUT2D eigenvalue weighted by Gasteiger charge is 2.32. The van der Waals surface area contributed by atoms with E-state index >= 15 is 0 Å². The topological polar surface area (TPSA) is 61.4 Å². The van der Waals surface area contributed by atoms with Gasteiger partial charge in [0.05, 0.1) is 21.8 Å². The van der Waals surface area contributed by atoms with Crippen molar-refractivity contribution in [2.24, 2.45) is 0 Å². The molecule has 7 heteroatoms. The first-order valence-electron chi connectivity index (χ1n) is 6.69. The fourth-order valence-corrected chi connectivity index (χ4v) is 2.77. The molecule has 0 spiro atoms. The molecule has 1 saturated heterocycles. The van der Waals surface area contributed by atoms with E-state index in [0.717, 1.165) is 0 Å². The van der Waals surface area contributed by atoms with E-state index in [9.17, 15) is 9.59 Å². The second kappa shape index (κ2) is 6.54. The van der Waals surface area contributed by atoms with E-state index in [1.165, 1.54) is 0 Å². The summed E-state index contributed by atoms with van der Waals surface area (Å²) in [5.41, 5.74) is 0.364. The molecule has 0 radical (unpaired) electrons. The van der Waals surface area contributed by atoms with Gasteiger partial charge >= 0.3 is 6.03 Å².